The molecule has 1 aliphatic rings. The third kappa shape index (κ3) is 2.47. The molecule has 0 unspecified atom stereocenters. The molecule has 0 bridgehead atoms. The van der Waals surface area contributed by atoms with Crippen molar-refractivity contribution >= 4 is 11.4 Å². The first-order valence-electron chi connectivity index (χ1n) is 5.95. The molecule has 0 aromatic heterocycles. The van der Waals surface area contributed by atoms with Crippen LogP contribution in [0.1, 0.15) is 12.0 Å². The number of nitrogen functional groups attached to an aromatic ring is 1. The highest BCUT2D eigenvalue weighted by atomic mass is 15.2. The molecule has 1 aliphatic heterocycles. The van der Waals surface area contributed by atoms with E-state index >= 15 is 0 Å². The van der Waals surface area contributed by atoms with Gasteiger partial charge in [0, 0.05) is 31.0 Å². The van der Waals surface area contributed by atoms with Crippen LogP contribution < -0.4 is 10.6 Å². The average molecular weight is 219 g/mol. The molecular formula is C13H21N3. The Morgan fingerprint density at radius 1 is 1.38 bits per heavy atom. The highest BCUT2D eigenvalue weighted by Gasteiger charge is 2.16. The fourth-order valence-corrected chi connectivity index (χ4v) is 2.22. The number of fused-ring (bicyclic) bond motifs is 1. The number of aryl methyl sites for hydroxylation is 1. The molecule has 1 aromatic carbocycles. The van der Waals surface area contributed by atoms with Crippen molar-refractivity contribution in [2.45, 2.75) is 12.8 Å². The SMILES string of the molecule is CN(C)CCN1CCCc2ccc(N)cc21. The standard InChI is InChI=1S/C13H21N3/c1-15(2)8-9-16-7-3-4-11-5-6-12(14)10-13(11)16/h5-6,10H,3-4,7-9,14H2,1-2H3. The Hall–Kier alpha value is -1.22. The summed E-state index contributed by atoms with van der Waals surface area (Å²) in [4.78, 5) is 4.68. The maximum absolute atomic E-state index is 5.86. The van der Waals surface area contributed by atoms with E-state index in [-0.39, 0.29) is 0 Å². The predicted molar refractivity (Wildman–Crippen MR) is 69.9 cm³/mol. The quantitative estimate of drug-likeness (QED) is 0.783. The molecule has 3 nitrogen and oxygen atoms in total. The highest BCUT2D eigenvalue weighted by molar-refractivity contribution is 5.62. The molecule has 2 N–H and O–H groups in total. The normalized spacial score (nSPS) is 15.3. The van der Waals surface area contributed by atoms with Crippen LogP contribution in [0, 0.1) is 0 Å². The van der Waals surface area contributed by atoms with Gasteiger partial charge < -0.3 is 15.5 Å². The summed E-state index contributed by atoms with van der Waals surface area (Å²) in [5.74, 6) is 0. The lowest BCUT2D eigenvalue weighted by Gasteiger charge is -2.32. The van der Waals surface area contributed by atoms with E-state index in [4.69, 9.17) is 5.73 Å². The molecule has 1 aromatic rings. The van der Waals surface area contributed by atoms with Crippen molar-refractivity contribution in [1.82, 2.24) is 4.90 Å². The summed E-state index contributed by atoms with van der Waals surface area (Å²) in [7, 11) is 4.23. The zero-order valence-electron chi connectivity index (χ0n) is 10.2. The summed E-state index contributed by atoms with van der Waals surface area (Å²) in [5.41, 5.74) is 9.52. The number of anilines is 2. The van der Waals surface area contributed by atoms with Gasteiger partial charge in [-0.15, -0.1) is 0 Å². The monoisotopic (exact) mass is 219 g/mol. The Kier molecular flexibility index (Phi) is 3.34. The lowest BCUT2D eigenvalue weighted by molar-refractivity contribution is 0.411. The van der Waals surface area contributed by atoms with Crippen LogP contribution in [0.25, 0.3) is 0 Å². The van der Waals surface area contributed by atoms with Crippen molar-refractivity contribution in [1.29, 1.82) is 0 Å². The second kappa shape index (κ2) is 4.74. The molecular weight excluding hydrogens is 198 g/mol. The maximum atomic E-state index is 5.86. The van der Waals surface area contributed by atoms with Crippen molar-refractivity contribution in [3.8, 4) is 0 Å². The number of hydrogen-bond acceptors (Lipinski definition) is 3. The first-order chi connectivity index (χ1) is 7.66. The molecule has 0 saturated carbocycles. The second-order valence-corrected chi connectivity index (χ2v) is 4.78. The van der Waals surface area contributed by atoms with Crippen molar-refractivity contribution < 1.29 is 0 Å². The summed E-state index contributed by atoms with van der Waals surface area (Å²) in [6, 6.07) is 6.30. The number of nitrogens with zero attached hydrogens (tertiary/aromatic N) is 2. The van der Waals surface area contributed by atoms with Gasteiger partial charge in [0.15, 0.2) is 0 Å². The molecule has 0 fully saturated rings. The topological polar surface area (TPSA) is 32.5 Å². The summed E-state index contributed by atoms with van der Waals surface area (Å²) < 4.78 is 0. The molecule has 0 spiro atoms. The van der Waals surface area contributed by atoms with Gasteiger partial charge in [0.05, 0.1) is 0 Å². The van der Waals surface area contributed by atoms with E-state index in [0.29, 0.717) is 0 Å². The Morgan fingerprint density at radius 3 is 2.94 bits per heavy atom. The van der Waals surface area contributed by atoms with Gasteiger partial charge >= 0.3 is 0 Å². The Balaban J connectivity index is 2.15. The van der Waals surface area contributed by atoms with E-state index in [1.807, 2.05) is 6.07 Å². The predicted octanol–water partition coefficient (Wildman–Crippen LogP) is 1.58. The average Bonchev–Trinajstić information content (AvgIpc) is 2.26. The van der Waals surface area contributed by atoms with Crippen LogP contribution in [0.3, 0.4) is 0 Å². The highest BCUT2D eigenvalue weighted by Crippen LogP contribution is 2.28. The molecule has 88 valence electrons. The zero-order chi connectivity index (χ0) is 11.5. The molecule has 0 amide bonds. The molecule has 3 heteroatoms. The number of nitrogens with two attached hydrogens (primary N) is 1. The van der Waals surface area contributed by atoms with Crippen LogP contribution in [0.4, 0.5) is 11.4 Å². The van der Waals surface area contributed by atoms with Crippen molar-refractivity contribution in [3.05, 3.63) is 23.8 Å². The second-order valence-electron chi connectivity index (χ2n) is 4.78. The number of hydrogen-bond donors (Lipinski definition) is 1. The van der Waals surface area contributed by atoms with E-state index in [0.717, 1.165) is 25.3 Å². The molecule has 0 radical (unpaired) electrons. The molecule has 2 rings (SSSR count). The van der Waals surface area contributed by atoms with Gasteiger partial charge in [0.2, 0.25) is 0 Å². The zero-order valence-corrected chi connectivity index (χ0v) is 10.2. The Morgan fingerprint density at radius 2 is 2.19 bits per heavy atom. The van der Waals surface area contributed by atoms with E-state index in [1.165, 1.54) is 24.1 Å². The number of rotatable bonds is 3. The smallest absolute Gasteiger partial charge is 0.0419 e. The first kappa shape index (κ1) is 11.3. The molecule has 0 atom stereocenters. The molecule has 1 heterocycles. The minimum atomic E-state index is 0.871. The van der Waals surface area contributed by atoms with Crippen LogP contribution in [0.5, 0.6) is 0 Å². The lowest BCUT2D eigenvalue weighted by Crippen LogP contribution is -2.35. The van der Waals surface area contributed by atoms with E-state index in [2.05, 4.69) is 36.0 Å². The largest absolute Gasteiger partial charge is 0.399 e. The summed E-state index contributed by atoms with van der Waals surface area (Å²) in [6.07, 6.45) is 2.44. The van der Waals surface area contributed by atoms with E-state index in [1.54, 1.807) is 0 Å². The Labute approximate surface area is 97.8 Å². The maximum Gasteiger partial charge on any atom is 0.0419 e. The van der Waals surface area contributed by atoms with Crippen LogP contribution in [0.15, 0.2) is 18.2 Å². The fraction of sp³-hybridized carbons (Fsp3) is 0.538. The van der Waals surface area contributed by atoms with E-state index < -0.39 is 0 Å². The minimum Gasteiger partial charge on any atom is -0.399 e. The van der Waals surface area contributed by atoms with Gasteiger partial charge in [-0.25, -0.2) is 0 Å². The number of likely N-dealkylation sites (N-methyl/N-ethyl adjacent to an activating group) is 1. The van der Waals surface area contributed by atoms with Gasteiger partial charge in [-0.05, 0) is 44.6 Å². The van der Waals surface area contributed by atoms with Gasteiger partial charge in [-0.3, -0.25) is 0 Å². The van der Waals surface area contributed by atoms with Crippen LogP contribution >= 0.6 is 0 Å². The molecule has 0 saturated heterocycles. The molecule has 16 heavy (non-hydrogen) atoms. The van der Waals surface area contributed by atoms with Crippen molar-refractivity contribution in [2.24, 2.45) is 0 Å². The molecule has 0 aliphatic carbocycles. The summed E-state index contributed by atoms with van der Waals surface area (Å²) in [6.45, 7) is 3.34. The van der Waals surface area contributed by atoms with Gasteiger partial charge in [0.1, 0.15) is 0 Å². The Bertz CT molecular complexity index is 360. The van der Waals surface area contributed by atoms with Gasteiger partial charge in [0.25, 0.3) is 0 Å². The summed E-state index contributed by atoms with van der Waals surface area (Å²) >= 11 is 0. The van der Waals surface area contributed by atoms with E-state index in [9.17, 15) is 0 Å². The van der Waals surface area contributed by atoms with Crippen LogP contribution in [0.2, 0.25) is 0 Å². The van der Waals surface area contributed by atoms with Gasteiger partial charge in [-0.2, -0.15) is 0 Å². The summed E-state index contributed by atoms with van der Waals surface area (Å²) in [5, 5.41) is 0. The third-order valence-corrected chi connectivity index (χ3v) is 3.14. The minimum absolute atomic E-state index is 0.871. The van der Waals surface area contributed by atoms with Crippen molar-refractivity contribution in [2.75, 3.05) is 44.4 Å². The lowest BCUT2D eigenvalue weighted by atomic mass is 10.0. The van der Waals surface area contributed by atoms with Crippen LogP contribution in [-0.4, -0.2) is 38.6 Å². The van der Waals surface area contributed by atoms with Crippen LogP contribution in [-0.2, 0) is 6.42 Å². The van der Waals surface area contributed by atoms with Gasteiger partial charge in [-0.1, -0.05) is 6.07 Å². The fourth-order valence-electron chi connectivity index (χ4n) is 2.22. The third-order valence-electron chi connectivity index (χ3n) is 3.14. The first-order valence-corrected chi connectivity index (χ1v) is 5.95. The van der Waals surface area contributed by atoms with Crippen molar-refractivity contribution in [3.63, 3.8) is 0 Å². The number of benzene rings is 1.